The molecule has 0 bridgehead atoms. The highest BCUT2D eigenvalue weighted by Crippen LogP contribution is 2.40. The Morgan fingerprint density at radius 1 is 1.00 bits per heavy atom. The fraction of sp³-hybridized carbons (Fsp3) is 0.259. The normalized spacial score (nSPS) is 15.5. The number of alkyl halides is 3. The van der Waals surface area contributed by atoms with Crippen LogP contribution in [0.1, 0.15) is 29.9 Å². The van der Waals surface area contributed by atoms with Crippen LogP contribution in [0.25, 0.3) is 33.7 Å². The number of hydrogen-bond donors (Lipinski definition) is 1. The van der Waals surface area contributed by atoms with Gasteiger partial charge in [-0.1, -0.05) is 42.5 Å². The first-order chi connectivity index (χ1) is 16.8. The van der Waals surface area contributed by atoms with E-state index in [4.69, 9.17) is 9.52 Å². The third-order valence-corrected chi connectivity index (χ3v) is 6.49. The second kappa shape index (κ2) is 9.19. The van der Waals surface area contributed by atoms with Crippen molar-refractivity contribution in [1.29, 1.82) is 0 Å². The lowest BCUT2D eigenvalue weighted by Gasteiger charge is -2.30. The molecule has 0 radical (unpaired) electrons. The summed E-state index contributed by atoms with van der Waals surface area (Å²) in [5, 5.41) is 8.98. The summed E-state index contributed by atoms with van der Waals surface area (Å²) in [4.78, 5) is 17.3. The summed E-state index contributed by atoms with van der Waals surface area (Å²) in [6.45, 7) is 1.45. The number of benzene rings is 3. The van der Waals surface area contributed by atoms with Gasteiger partial charge in [-0.3, -0.25) is 9.69 Å². The minimum Gasteiger partial charge on any atom is -0.480 e. The lowest BCUT2D eigenvalue weighted by Crippen LogP contribution is -2.36. The van der Waals surface area contributed by atoms with Crippen molar-refractivity contribution < 1.29 is 27.5 Å². The van der Waals surface area contributed by atoms with E-state index in [1.165, 1.54) is 6.07 Å². The molecule has 1 fully saturated rings. The fourth-order valence-corrected chi connectivity index (χ4v) is 4.72. The Bertz CT molecular complexity index is 1360. The molecule has 0 saturated carbocycles. The number of oxazole rings is 1. The Morgan fingerprint density at radius 3 is 2.43 bits per heavy atom. The summed E-state index contributed by atoms with van der Waals surface area (Å²) in [5.74, 6) is -0.421. The summed E-state index contributed by atoms with van der Waals surface area (Å²) in [7, 11) is 0. The minimum absolute atomic E-state index is 0.0430. The molecule has 35 heavy (non-hydrogen) atoms. The van der Waals surface area contributed by atoms with Crippen molar-refractivity contribution in [2.24, 2.45) is 0 Å². The number of rotatable bonds is 5. The second-order valence-corrected chi connectivity index (χ2v) is 8.81. The van der Waals surface area contributed by atoms with Gasteiger partial charge in [0.2, 0.25) is 5.89 Å². The molecule has 0 spiro atoms. The van der Waals surface area contributed by atoms with Crippen LogP contribution in [0.5, 0.6) is 0 Å². The van der Waals surface area contributed by atoms with Gasteiger partial charge in [-0.05, 0) is 72.8 Å². The first kappa shape index (κ1) is 23.1. The maximum absolute atomic E-state index is 13.9. The number of likely N-dealkylation sites (tertiary alicyclic amines) is 1. The molecule has 5 nitrogen and oxygen atoms in total. The van der Waals surface area contributed by atoms with E-state index in [2.05, 4.69) is 4.98 Å². The van der Waals surface area contributed by atoms with Gasteiger partial charge in [-0.2, -0.15) is 13.2 Å². The second-order valence-electron chi connectivity index (χ2n) is 8.81. The number of carbonyl (C=O) groups is 1. The number of aliphatic carboxylic acids is 1. The molecule has 1 saturated heterocycles. The summed E-state index contributed by atoms with van der Waals surface area (Å²) in [5.41, 5.74) is 2.29. The monoisotopic (exact) mass is 480 g/mol. The van der Waals surface area contributed by atoms with Gasteiger partial charge in [-0.15, -0.1) is 0 Å². The van der Waals surface area contributed by atoms with Gasteiger partial charge in [0.15, 0.2) is 5.58 Å². The quantitative estimate of drug-likeness (QED) is 0.356. The van der Waals surface area contributed by atoms with Gasteiger partial charge in [-0.25, -0.2) is 4.98 Å². The van der Waals surface area contributed by atoms with Gasteiger partial charge in [0, 0.05) is 5.56 Å². The van der Waals surface area contributed by atoms with Crippen LogP contribution in [0.2, 0.25) is 0 Å². The number of carboxylic acid groups (broad SMARTS) is 1. The molecule has 0 unspecified atom stereocenters. The average molecular weight is 480 g/mol. The zero-order valence-electron chi connectivity index (χ0n) is 18.8. The number of halogens is 3. The molecular formula is C27H23F3N2O3. The molecular weight excluding hydrogens is 457 g/mol. The van der Waals surface area contributed by atoms with Crippen molar-refractivity contribution in [3.05, 3.63) is 77.9 Å². The zero-order valence-corrected chi connectivity index (χ0v) is 18.8. The zero-order chi connectivity index (χ0) is 24.6. The minimum atomic E-state index is -4.53. The molecule has 5 rings (SSSR count). The van der Waals surface area contributed by atoms with Crippen molar-refractivity contribution >= 4 is 17.1 Å². The Hall–Kier alpha value is -3.65. The molecule has 4 aromatic rings. The Kier molecular flexibility index (Phi) is 6.06. The van der Waals surface area contributed by atoms with Crippen LogP contribution in [0.3, 0.4) is 0 Å². The smallest absolute Gasteiger partial charge is 0.417 e. The predicted molar refractivity (Wildman–Crippen MR) is 126 cm³/mol. The van der Waals surface area contributed by atoms with E-state index in [-0.39, 0.29) is 29.5 Å². The predicted octanol–water partition coefficient (Wildman–Crippen LogP) is 6.44. The Balaban J connectivity index is 1.43. The molecule has 0 amide bonds. The molecule has 180 valence electrons. The first-order valence-corrected chi connectivity index (χ1v) is 11.4. The number of fused-ring (bicyclic) bond motifs is 1. The van der Waals surface area contributed by atoms with Crippen LogP contribution in [-0.4, -0.2) is 40.6 Å². The fourth-order valence-electron chi connectivity index (χ4n) is 4.72. The van der Waals surface area contributed by atoms with Crippen molar-refractivity contribution in [1.82, 2.24) is 9.88 Å². The summed E-state index contributed by atoms with van der Waals surface area (Å²) >= 11 is 0. The number of aromatic nitrogens is 1. The van der Waals surface area contributed by atoms with E-state index in [0.29, 0.717) is 29.8 Å². The van der Waals surface area contributed by atoms with E-state index in [0.717, 1.165) is 24.5 Å². The molecule has 1 N–H and O–H groups in total. The van der Waals surface area contributed by atoms with Gasteiger partial charge in [0.1, 0.15) is 5.52 Å². The van der Waals surface area contributed by atoms with Gasteiger partial charge in [0.05, 0.1) is 12.1 Å². The van der Waals surface area contributed by atoms with Crippen LogP contribution < -0.4 is 0 Å². The van der Waals surface area contributed by atoms with E-state index in [1.807, 2.05) is 17.0 Å². The number of nitrogens with zero attached hydrogens (tertiary/aromatic N) is 2. The van der Waals surface area contributed by atoms with Gasteiger partial charge in [0.25, 0.3) is 0 Å². The van der Waals surface area contributed by atoms with Crippen molar-refractivity contribution in [2.45, 2.75) is 24.9 Å². The number of hydrogen-bond acceptors (Lipinski definition) is 4. The van der Waals surface area contributed by atoms with Gasteiger partial charge >= 0.3 is 12.1 Å². The highest BCUT2D eigenvalue weighted by molar-refractivity contribution is 5.78. The Labute approximate surface area is 199 Å². The summed E-state index contributed by atoms with van der Waals surface area (Å²) in [6.07, 6.45) is -2.87. The maximum atomic E-state index is 13.9. The van der Waals surface area contributed by atoms with Crippen LogP contribution in [0.4, 0.5) is 13.2 Å². The van der Waals surface area contributed by atoms with Crippen LogP contribution in [0.15, 0.2) is 71.1 Å². The molecule has 1 aromatic heterocycles. The first-order valence-electron chi connectivity index (χ1n) is 11.4. The summed E-state index contributed by atoms with van der Waals surface area (Å²) in [6, 6.07) is 18.3. The number of piperidine rings is 1. The molecule has 0 aliphatic carbocycles. The SMILES string of the molecule is O=C(O)CN1CCC(c2ccc3oc(-c4ccc(-c5ccccc5)c(C(F)(F)F)c4)nc3c2)CC1. The highest BCUT2D eigenvalue weighted by atomic mass is 19.4. The van der Waals surface area contributed by atoms with E-state index < -0.39 is 17.7 Å². The third kappa shape index (κ3) is 4.93. The van der Waals surface area contributed by atoms with Crippen LogP contribution >= 0.6 is 0 Å². The Morgan fingerprint density at radius 2 is 1.74 bits per heavy atom. The van der Waals surface area contributed by atoms with Crippen molar-refractivity contribution in [3.8, 4) is 22.6 Å². The van der Waals surface area contributed by atoms with Crippen molar-refractivity contribution in [2.75, 3.05) is 19.6 Å². The summed E-state index contributed by atoms with van der Waals surface area (Å²) < 4.78 is 47.5. The molecule has 0 atom stereocenters. The topological polar surface area (TPSA) is 66.6 Å². The third-order valence-electron chi connectivity index (χ3n) is 6.49. The van der Waals surface area contributed by atoms with Crippen molar-refractivity contribution in [3.63, 3.8) is 0 Å². The van der Waals surface area contributed by atoms with Crippen LogP contribution in [-0.2, 0) is 11.0 Å². The molecule has 3 aromatic carbocycles. The van der Waals surface area contributed by atoms with E-state index in [9.17, 15) is 18.0 Å². The maximum Gasteiger partial charge on any atom is 0.417 e. The lowest BCUT2D eigenvalue weighted by molar-refractivity contribution is -0.139. The standard InChI is InChI=1S/C27H23F3N2O3/c28-27(29,30)22-14-20(6-8-21(22)18-4-2-1-3-5-18)26-31-23-15-19(7-9-24(23)35-26)17-10-12-32(13-11-17)16-25(33)34/h1-9,14-15,17H,10-13,16H2,(H,33,34). The van der Waals surface area contributed by atoms with Gasteiger partial charge < -0.3 is 9.52 Å². The highest BCUT2D eigenvalue weighted by Gasteiger charge is 2.34. The molecule has 8 heteroatoms. The molecule has 1 aliphatic rings. The molecule has 2 heterocycles. The van der Waals surface area contributed by atoms with E-state index >= 15 is 0 Å². The van der Waals surface area contributed by atoms with Crippen LogP contribution in [0, 0.1) is 0 Å². The average Bonchev–Trinajstić information content (AvgIpc) is 3.27. The largest absolute Gasteiger partial charge is 0.480 e. The number of carboxylic acids is 1. The lowest BCUT2D eigenvalue weighted by atomic mass is 9.89. The molecule has 1 aliphatic heterocycles. The van der Waals surface area contributed by atoms with E-state index in [1.54, 1.807) is 42.5 Å².